The van der Waals surface area contributed by atoms with E-state index in [2.05, 4.69) is 0 Å². The summed E-state index contributed by atoms with van der Waals surface area (Å²) in [5.74, 6) is 4.69. The Labute approximate surface area is 398 Å². The highest BCUT2D eigenvalue weighted by atomic mass is 31.2. The van der Waals surface area contributed by atoms with E-state index >= 15 is 0 Å². The van der Waals surface area contributed by atoms with Gasteiger partial charge >= 0.3 is 15.6 Å². The normalized spacial score (nSPS) is 11.4. The first-order valence-corrected chi connectivity index (χ1v) is 24.9. The number of para-hydroxylation sites is 4. The van der Waals surface area contributed by atoms with Gasteiger partial charge in [0.2, 0.25) is 0 Å². The molecule has 0 saturated carbocycles. The lowest BCUT2D eigenvalue weighted by atomic mass is 10.1. The van der Waals surface area contributed by atoms with Gasteiger partial charge in [0.1, 0.15) is 57.5 Å². The molecule has 0 bridgehead atoms. The number of rotatable bonds is 17. The number of hydrogen-bond acceptors (Lipinski definition) is 10. The SMILES string of the molecule is Cc1cccc(C)c1OP(=O)(Oc1ccc(Oc2ccc(-c3ccc(Oc4ccc(OP(=O)(Oc5c(C)cccc5C)Oc5c(C)cccc5C)cc4)cc3)cc2)cc1)Oc1c(C)cccc1C. The number of aryl methyl sites for hydroxylation is 8. The van der Waals surface area contributed by atoms with Gasteiger partial charge in [-0.1, -0.05) is 97.1 Å². The Hall–Kier alpha value is -7.38. The highest BCUT2D eigenvalue weighted by Gasteiger charge is 2.37. The standard InChI is InChI=1S/C56H52O10P2/c1-37-13-9-14-38(2)53(37)63-67(57,64-54-39(3)15-10-16-40(54)4)61-51-33-29-49(30-34-51)59-47-25-21-45(22-26-47)46-23-27-48(28-24-46)60-50-31-35-52(36-32-50)62-68(58,65-55-41(5)17-11-18-42(55)6)66-56-43(7)19-12-20-44(56)8/h9-36H,1-8H3. The van der Waals surface area contributed by atoms with Gasteiger partial charge in [0.05, 0.1) is 0 Å². The molecule has 0 spiro atoms. The van der Waals surface area contributed by atoms with E-state index in [1.54, 1.807) is 48.5 Å². The van der Waals surface area contributed by atoms with Crippen molar-refractivity contribution in [1.82, 2.24) is 0 Å². The molecule has 0 aliphatic rings. The summed E-state index contributed by atoms with van der Waals surface area (Å²) < 4.78 is 77.6. The van der Waals surface area contributed by atoms with Crippen molar-refractivity contribution in [3.8, 4) is 68.6 Å². The van der Waals surface area contributed by atoms with Crippen molar-refractivity contribution >= 4 is 15.6 Å². The van der Waals surface area contributed by atoms with Crippen LogP contribution in [0.4, 0.5) is 0 Å². The van der Waals surface area contributed by atoms with Gasteiger partial charge in [-0.25, -0.2) is 0 Å². The lowest BCUT2D eigenvalue weighted by Gasteiger charge is -2.23. The van der Waals surface area contributed by atoms with Crippen molar-refractivity contribution < 1.29 is 45.7 Å². The van der Waals surface area contributed by atoms with E-state index < -0.39 is 15.6 Å². The molecular formula is C56H52O10P2. The molecule has 8 aromatic rings. The minimum absolute atomic E-state index is 0.285. The van der Waals surface area contributed by atoms with Crippen molar-refractivity contribution in [3.63, 3.8) is 0 Å². The van der Waals surface area contributed by atoms with E-state index in [1.165, 1.54) is 0 Å². The van der Waals surface area contributed by atoms with Crippen LogP contribution < -0.4 is 36.6 Å². The Kier molecular flexibility index (Phi) is 14.0. The predicted molar refractivity (Wildman–Crippen MR) is 268 cm³/mol. The smallest absolute Gasteiger partial charge is 0.457 e. The van der Waals surface area contributed by atoms with Gasteiger partial charge < -0.3 is 36.6 Å². The second kappa shape index (κ2) is 20.2. The molecule has 8 rings (SSSR count). The fourth-order valence-corrected chi connectivity index (χ4v) is 10.5. The summed E-state index contributed by atoms with van der Waals surface area (Å²) in [7, 11) is -8.46. The molecule has 0 unspecified atom stereocenters. The highest BCUT2D eigenvalue weighted by molar-refractivity contribution is 7.50. The van der Waals surface area contributed by atoms with Crippen LogP contribution in [0.25, 0.3) is 11.1 Å². The number of phosphoric acid groups is 2. The third-order valence-corrected chi connectivity index (χ3v) is 13.5. The largest absolute Gasteiger partial charge is 0.647 e. The van der Waals surface area contributed by atoms with Gasteiger partial charge in [-0.3, -0.25) is 0 Å². The van der Waals surface area contributed by atoms with E-state index in [-0.39, 0.29) is 11.5 Å². The zero-order chi connectivity index (χ0) is 48.0. The summed E-state index contributed by atoms with van der Waals surface area (Å²) in [6.45, 7) is 15.1. The molecule has 8 aromatic carbocycles. The molecule has 0 fully saturated rings. The fraction of sp³-hybridized carbons (Fsp3) is 0.143. The summed E-state index contributed by atoms with van der Waals surface area (Å²) in [6.07, 6.45) is 0. The van der Waals surface area contributed by atoms with E-state index in [1.807, 2.05) is 177 Å². The first-order chi connectivity index (χ1) is 32.6. The topological polar surface area (TPSA) is 108 Å². The molecule has 0 amide bonds. The zero-order valence-corrected chi connectivity index (χ0v) is 40.9. The second-order valence-electron chi connectivity index (χ2n) is 16.5. The van der Waals surface area contributed by atoms with Gasteiger partial charge in [0.15, 0.2) is 0 Å². The fourth-order valence-electron chi connectivity index (χ4n) is 7.43. The molecule has 0 aliphatic heterocycles. The highest BCUT2D eigenvalue weighted by Crippen LogP contribution is 2.54. The molecule has 346 valence electrons. The Morgan fingerprint density at radius 2 is 0.441 bits per heavy atom. The quantitative estimate of drug-likeness (QED) is 0.0819. The molecule has 0 saturated heterocycles. The van der Waals surface area contributed by atoms with E-state index in [0.717, 1.165) is 55.6 Å². The van der Waals surface area contributed by atoms with Gasteiger partial charge in [-0.05, 0) is 184 Å². The van der Waals surface area contributed by atoms with Crippen molar-refractivity contribution in [2.75, 3.05) is 0 Å². The Bertz CT molecular complexity index is 2740. The molecule has 0 aliphatic carbocycles. The maximum Gasteiger partial charge on any atom is 0.647 e. The third kappa shape index (κ3) is 11.4. The van der Waals surface area contributed by atoms with Crippen molar-refractivity contribution in [2.45, 2.75) is 55.4 Å². The van der Waals surface area contributed by atoms with Crippen LogP contribution >= 0.6 is 15.6 Å². The zero-order valence-electron chi connectivity index (χ0n) is 39.1. The third-order valence-electron chi connectivity index (χ3n) is 11.0. The van der Waals surface area contributed by atoms with Crippen molar-refractivity contribution in [3.05, 3.63) is 214 Å². The Balaban J connectivity index is 0.896. The van der Waals surface area contributed by atoms with E-state index in [4.69, 9.17) is 36.6 Å². The lowest BCUT2D eigenvalue weighted by molar-refractivity contribution is 0.294. The Morgan fingerprint density at radius 1 is 0.250 bits per heavy atom. The first-order valence-electron chi connectivity index (χ1n) is 22.0. The molecule has 10 nitrogen and oxygen atoms in total. The molecule has 0 radical (unpaired) electrons. The number of ether oxygens (including phenoxy) is 2. The molecular weight excluding hydrogens is 895 g/mol. The van der Waals surface area contributed by atoms with Crippen LogP contribution in [-0.2, 0) is 9.13 Å². The summed E-state index contributed by atoms with van der Waals surface area (Å²) in [4.78, 5) is 0. The lowest BCUT2D eigenvalue weighted by Crippen LogP contribution is -2.10. The first kappa shape index (κ1) is 47.1. The monoisotopic (exact) mass is 946 g/mol. The van der Waals surface area contributed by atoms with Crippen molar-refractivity contribution in [2.24, 2.45) is 0 Å². The van der Waals surface area contributed by atoms with Gasteiger partial charge in [-0.15, -0.1) is 0 Å². The molecule has 0 heterocycles. The summed E-state index contributed by atoms with van der Waals surface area (Å²) in [5, 5.41) is 0. The molecule has 12 heteroatoms. The predicted octanol–water partition coefficient (Wildman–Crippen LogP) is 16.7. The summed E-state index contributed by atoms with van der Waals surface area (Å²) in [5.41, 5.74) is 8.39. The molecule has 0 N–H and O–H groups in total. The van der Waals surface area contributed by atoms with Crippen LogP contribution in [0.5, 0.6) is 57.5 Å². The summed E-state index contributed by atoms with van der Waals surface area (Å²) in [6, 6.07) is 51.7. The number of benzene rings is 8. The number of phosphoric ester groups is 2. The number of hydrogen-bond donors (Lipinski definition) is 0. The maximum atomic E-state index is 14.4. The van der Waals surface area contributed by atoms with Crippen LogP contribution in [0.1, 0.15) is 44.5 Å². The van der Waals surface area contributed by atoms with Gasteiger partial charge in [0.25, 0.3) is 0 Å². The molecule has 0 atom stereocenters. The van der Waals surface area contributed by atoms with Crippen LogP contribution in [0.2, 0.25) is 0 Å². The summed E-state index contributed by atoms with van der Waals surface area (Å²) >= 11 is 0. The maximum absolute atomic E-state index is 14.4. The van der Waals surface area contributed by atoms with E-state index in [0.29, 0.717) is 46.0 Å². The van der Waals surface area contributed by atoms with Crippen molar-refractivity contribution in [1.29, 1.82) is 0 Å². The average molecular weight is 947 g/mol. The van der Waals surface area contributed by atoms with Crippen LogP contribution in [0.15, 0.2) is 170 Å². The second-order valence-corrected chi connectivity index (χ2v) is 19.4. The minimum Gasteiger partial charge on any atom is -0.457 e. The molecule has 0 aromatic heterocycles. The average Bonchev–Trinajstić information content (AvgIpc) is 3.31. The van der Waals surface area contributed by atoms with Crippen LogP contribution in [0, 0.1) is 55.4 Å². The van der Waals surface area contributed by atoms with Crippen LogP contribution in [0.3, 0.4) is 0 Å². The minimum atomic E-state index is -4.23. The van der Waals surface area contributed by atoms with Gasteiger partial charge in [-0.2, -0.15) is 9.13 Å². The van der Waals surface area contributed by atoms with Gasteiger partial charge in [0, 0.05) is 0 Å². The Morgan fingerprint density at radius 3 is 0.662 bits per heavy atom. The van der Waals surface area contributed by atoms with Crippen LogP contribution in [-0.4, -0.2) is 0 Å². The molecule has 68 heavy (non-hydrogen) atoms. The van der Waals surface area contributed by atoms with E-state index in [9.17, 15) is 9.13 Å².